The highest BCUT2D eigenvalue weighted by molar-refractivity contribution is 6.06. The van der Waals surface area contributed by atoms with Crippen molar-refractivity contribution in [3.05, 3.63) is 90.4 Å². The molecular formula is C27H23N3O5. The molecule has 3 amide bonds. The first-order chi connectivity index (χ1) is 17.0. The van der Waals surface area contributed by atoms with Crippen LogP contribution in [-0.4, -0.2) is 40.3 Å². The number of aromatic hydroxyl groups is 1. The molecule has 4 aromatic rings. The number of hydrogen-bond donors (Lipinski definition) is 3. The Morgan fingerprint density at radius 1 is 0.886 bits per heavy atom. The molecule has 5 rings (SSSR count). The van der Waals surface area contributed by atoms with E-state index in [0.29, 0.717) is 36.1 Å². The number of hydrogen-bond acceptors (Lipinski definition) is 5. The minimum Gasteiger partial charge on any atom is -0.506 e. The van der Waals surface area contributed by atoms with E-state index >= 15 is 0 Å². The molecule has 2 heterocycles. The molecule has 0 spiro atoms. The van der Waals surface area contributed by atoms with Crippen molar-refractivity contribution < 1.29 is 23.9 Å². The highest BCUT2D eigenvalue weighted by Gasteiger charge is 2.35. The van der Waals surface area contributed by atoms with E-state index in [4.69, 9.17) is 4.42 Å². The number of amides is 3. The lowest BCUT2D eigenvalue weighted by atomic mass is 10.0. The van der Waals surface area contributed by atoms with Gasteiger partial charge in [0, 0.05) is 23.3 Å². The van der Waals surface area contributed by atoms with Crippen molar-refractivity contribution in [2.45, 2.75) is 18.9 Å². The maximum atomic E-state index is 13.3. The highest BCUT2D eigenvalue weighted by atomic mass is 16.3. The Balaban J connectivity index is 1.27. The highest BCUT2D eigenvalue weighted by Crippen LogP contribution is 2.31. The van der Waals surface area contributed by atoms with E-state index in [-0.39, 0.29) is 34.8 Å². The molecule has 0 radical (unpaired) electrons. The van der Waals surface area contributed by atoms with Crippen molar-refractivity contribution in [3.8, 4) is 5.75 Å². The maximum Gasteiger partial charge on any atom is 0.291 e. The molecule has 176 valence electrons. The Morgan fingerprint density at radius 2 is 1.63 bits per heavy atom. The number of phenolic OH excluding ortho intramolecular Hbond substituents is 1. The van der Waals surface area contributed by atoms with E-state index in [1.54, 1.807) is 60.7 Å². The number of nitrogens with zero attached hydrogens (tertiary/aromatic N) is 1. The van der Waals surface area contributed by atoms with Crippen LogP contribution in [0.15, 0.2) is 83.5 Å². The zero-order valence-electron chi connectivity index (χ0n) is 18.7. The summed E-state index contributed by atoms with van der Waals surface area (Å²) >= 11 is 0. The molecule has 35 heavy (non-hydrogen) atoms. The molecule has 0 bridgehead atoms. The van der Waals surface area contributed by atoms with Crippen LogP contribution < -0.4 is 10.6 Å². The van der Waals surface area contributed by atoms with Gasteiger partial charge in [-0.15, -0.1) is 0 Å². The van der Waals surface area contributed by atoms with E-state index in [1.807, 2.05) is 12.1 Å². The second kappa shape index (κ2) is 9.34. The third-order valence-electron chi connectivity index (χ3n) is 6.10. The normalized spacial score (nSPS) is 15.2. The number of furan rings is 1. The number of anilines is 2. The number of phenols is 1. The van der Waals surface area contributed by atoms with Crippen LogP contribution in [0.3, 0.4) is 0 Å². The number of likely N-dealkylation sites (tertiary alicyclic amines) is 1. The monoisotopic (exact) mass is 469 g/mol. The first-order valence-corrected chi connectivity index (χ1v) is 11.3. The van der Waals surface area contributed by atoms with Gasteiger partial charge in [-0.1, -0.05) is 30.3 Å². The number of carbonyl (C=O) groups is 3. The van der Waals surface area contributed by atoms with Crippen LogP contribution in [0, 0.1) is 0 Å². The van der Waals surface area contributed by atoms with E-state index < -0.39 is 6.04 Å². The fourth-order valence-electron chi connectivity index (χ4n) is 4.33. The quantitative estimate of drug-likeness (QED) is 0.394. The molecule has 1 aliphatic heterocycles. The predicted molar refractivity (Wildman–Crippen MR) is 131 cm³/mol. The van der Waals surface area contributed by atoms with Gasteiger partial charge in [0.05, 0.1) is 11.8 Å². The Bertz CT molecular complexity index is 1400. The molecule has 0 aliphatic carbocycles. The van der Waals surface area contributed by atoms with Crippen LogP contribution in [0.5, 0.6) is 5.75 Å². The van der Waals surface area contributed by atoms with Gasteiger partial charge in [-0.2, -0.15) is 0 Å². The average Bonchev–Trinajstić information content (AvgIpc) is 3.58. The number of fused-ring (bicyclic) bond motifs is 1. The van der Waals surface area contributed by atoms with Gasteiger partial charge in [-0.25, -0.2) is 0 Å². The summed E-state index contributed by atoms with van der Waals surface area (Å²) < 4.78 is 5.07. The molecule has 1 atom stereocenters. The molecule has 8 heteroatoms. The maximum absolute atomic E-state index is 13.3. The number of carbonyl (C=O) groups excluding carboxylic acids is 3. The van der Waals surface area contributed by atoms with Gasteiger partial charge in [0.25, 0.3) is 11.8 Å². The van der Waals surface area contributed by atoms with Crippen LogP contribution >= 0.6 is 0 Å². The summed E-state index contributed by atoms with van der Waals surface area (Å²) in [5.74, 6) is -0.925. The summed E-state index contributed by atoms with van der Waals surface area (Å²) in [5, 5.41) is 17.7. The lowest BCUT2D eigenvalue weighted by Crippen LogP contribution is -2.43. The van der Waals surface area contributed by atoms with Gasteiger partial charge in [0.15, 0.2) is 5.76 Å². The summed E-state index contributed by atoms with van der Waals surface area (Å²) in [6.07, 6.45) is 2.64. The van der Waals surface area contributed by atoms with Crippen LogP contribution in [0.1, 0.15) is 33.8 Å². The molecule has 1 aliphatic rings. The molecule has 0 saturated carbocycles. The third-order valence-corrected chi connectivity index (χ3v) is 6.10. The van der Waals surface area contributed by atoms with Crippen LogP contribution in [0.2, 0.25) is 0 Å². The van der Waals surface area contributed by atoms with E-state index in [1.165, 1.54) is 11.2 Å². The van der Waals surface area contributed by atoms with Crippen LogP contribution in [0.4, 0.5) is 11.4 Å². The Morgan fingerprint density at radius 3 is 2.37 bits per heavy atom. The van der Waals surface area contributed by atoms with Gasteiger partial charge in [-0.3, -0.25) is 14.4 Å². The first-order valence-electron chi connectivity index (χ1n) is 11.3. The Kier molecular flexibility index (Phi) is 5.93. The first kappa shape index (κ1) is 22.2. The number of rotatable bonds is 5. The average molecular weight is 469 g/mol. The van der Waals surface area contributed by atoms with Crippen molar-refractivity contribution in [3.63, 3.8) is 0 Å². The standard InChI is InChI=1S/C27H23N3O5/c31-24-20-6-2-1-5-17(20)9-14-21(24)27(34)30-15-3-7-22(30)25(32)28-18-10-12-19(13-11-18)29-26(33)23-8-4-16-35-23/h1-2,4-6,8-14,16,22,31H,3,7,15H2,(H,28,32)(H,29,33). The summed E-state index contributed by atoms with van der Waals surface area (Å²) in [5.41, 5.74) is 1.27. The summed E-state index contributed by atoms with van der Waals surface area (Å²) in [4.78, 5) is 39.9. The lowest BCUT2D eigenvalue weighted by molar-refractivity contribution is -0.119. The minimum atomic E-state index is -0.647. The molecule has 3 N–H and O–H groups in total. The van der Waals surface area contributed by atoms with Crippen molar-refractivity contribution in [1.82, 2.24) is 4.90 Å². The predicted octanol–water partition coefficient (Wildman–Crippen LogP) is 4.63. The van der Waals surface area contributed by atoms with E-state index in [9.17, 15) is 19.5 Å². The Hall–Kier alpha value is -4.59. The molecular weight excluding hydrogens is 446 g/mol. The van der Waals surface area contributed by atoms with Crippen molar-refractivity contribution in [1.29, 1.82) is 0 Å². The molecule has 1 saturated heterocycles. The van der Waals surface area contributed by atoms with Crippen molar-refractivity contribution in [2.75, 3.05) is 17.2 Å². The minimum absolute atomic E-state index is 0.0775. The second-order valence-electron chi connectivity index (χ2n) is 8.34. The topological polar surface area (TPSA) is 112 Å². The number of benzene rings is 3. The molecule has 1 unspecified atom stereocenters. The Labute approximate surface area is 201 Å². The molecule has 1 fully saturated rings. The largest absolute Gasteiger partial charge is 0.506 e. The SMILES string of the molecule is O=C(Nc1ccc(NC(=O)C2CCCN2C(=O)c2ccc3ccccc3c2O)cc1)c1ccco1. The van der Waals surface area contributed by atoms with Crippen LogP contribution in [-0.2, 0) is 4.79 Å². The van der Waals surface area contributed by atoms with Gasteiger partial charge >= 0.3 is 0 Å². The summed E-state index contributed by atoms with van der Waals surface area (Å²) in [6, 6.07) is 19.9. The van der Waals surface area contributed by atoms with Gasteiger partial charge < -0.3 is 25.1 Å². The smallest absolute Gasteiger partial charge is 0.291 e. The van der Waals surface area contributed by atoms with Gasteiger partial charge in [0.1, 0.15) is 11.8 Å². The van der Waals surface area contributed by atoms with Crippen molar-refractivity contribution in [2.24, 2.45) is 0 Å². The zero-order chi connectivity index (χ0) is 24.4. The lowest BCUT2D eigenvalue weighted by Gasteiger charge is -2.24. The van der Waals surface area contributed by atoms with E-state index in [0.717, 1.165) is 5.39 Å². The van der Waals surface area contributed by atoms with Gasteiger partial charge in [-0.05, 0) is 60.7 Å². The third kappa shape index (κ3) is 4.46. The zero-order valence-corrected chi connectivity index (χ0v) is 18.7. The van der Waals surface area contributed by atoms with Crippen LogP contribution in [0.25, 0.3) is 10.8 Å². The van der Waals surface area contributed by atoms with E-state index in [2.05, 4.69) is 10.6 Å². The fourth-order valence-corrected chi connectivity index (χ4v) is 4.33. The molecule has 3 aromatic carbocycles. The second-order valence-corrected chi connectivity index (χ2v) is 8.34. The summed E-state index contributed by atoms with van der Waals surface area (Å²) in [7, 11) is 0. The molecule has 8 nitrogen and oxygen atoms in total. The molecule has 1 aromatic heterocycles. The van der Waals surface area contributed by atoms with Gasteiger partial charge in [0.2, 0.25) is 5.91 Å². The fraction of sp³-hybridized carbons (Fsp3) is 0.148. The number of nitrogens with one attached hydrogen (secondary N) is 2. The van der Waals surface area contributed by atoms with Crippen molar-refractivity contribution >= 4 is 39.9 Å². The summed E-state index contributed by atoms with van der Waals surface area (Å²) in [6.45, 7) is 0.431.